The molecular weight excluding hydrogens is 310 g/mol. The van der Waals surface area contributed by atoms with Gasteiger partial charge in [0.05, 0.1) is 20.3 Å². The number of hydrogen-bond donors (Lipinski definition) is 1. The minimum Gasteiger partial charge on any atom is -0.497 e. The van der Waals surface area contributed by atoms with E-state index in [1.165, 1.54) is 11.1 Å². The smallest absolute Gasteiger partial charge is 0.124 e. The van der Waals surface area contributed by atoms with E-state index >= 15 is 0 Å². The largest absolute Gasteiger partial charge is 0.497 e. The van der Waals surface area contributed by atoms with E-state index in [9.17, 15) is 0 Å². The Balaban J connectivity index is 1.90. The van der Waals surface area contributed by atoms with Gasteiger partial charge in [-0.2, -0.15) is 0 Å². The van der Waals surface area contributed by atoms with Crippen LogP contribution in [0.3, 0.4) is 0 Å². The summed E-state index contributed by atoms with van der Waals surface area (Å²) in [5, 5.41) is 3.63. The highest BCUT2D eigenvalue weighted by Crippen LogP contribution is 2.30. The molecule has 0 spiro atoms. The number of methoxy groups -OCH3 is 2. The Bertz CT molecular complexity index is 765. The van der Waals surface area contributed by atoms with E-state index in [1.54, 1.807) is 14.2 Å². The molecule has 0 bridgehead atoms. The summed E-state index contributed by atoms with van der Waals surface area (Å²) in [5.41, 5.74) is 3.51. The average molecular weight is 333 g/mol. The van der Waals surface area contributed by atoms with Gasteiger partial charge < -0.3 is 14.8 Å². The van der Waals surface area contributed by atoms with Crippen LogP contribution in [0.1, 0.15) is 17.2 Å². The van der Waals surface area contributed by atoms with Crippen LogP contribution in [0.15, 0.2) is 78.9 Å². The Labute approximate surface area is 149 Å². The Kier molecular flexibility index (Phi) is 5.57. The minimum absolute atomic E-state index is 0.153. The van der Waals surface area contributed by atoms with E-state index in [4.69, 9.17) is 9.47 Å². The molecule has 3 heteroatoms. The Hall–Kier alpha value is -2.94. The van der Waals surface area contributed by atoms with Crippen molar-refractivity contribution in [2.75, 3.05) is 19.5 Å². The van der Waals surface area contributed by atoms with Gasteiger partial charge in [0.1, 0.15) is 11.5 Å². The van der Waals surface area contributed by atoms with Crippen molar-refractivity contribution >= 4 is 5.69 Å². The van der Waals surface area contributed by atoms with Crippen LogP contribution in [0.5, 0.6) is 11.5 Å². The van der Waals surface area contributed by atoms with Gasteiger partial charge in [-0.3, -0.25) is 0 Å². The fraction of sp³-hybridized carbons (Fsp3) is 0.182. The van der Waals surface area contributed by atoms with Gasteiger partial charge in [-0.1, -0.05) is 60.7 Å². The summed E-state index contributed by atoms with van der Waals surface area (Å²) < 4.78 is 10.8. The van der Waals surface area contributed by atoms with Crippen molar-refractivity contribution in [3.63, 3.8) is 0 Å². The van der Waals surface area contributed by atoms with Crippen molar-refractivity contribution in [2.45, 2.75) is 12.5 Å². The van der Waals surface area contributed by atoms with E-state index in [2.05, 4.69) is 53.8 Å². The van der Waals surface area contributed by atoms with Crippen LogP contribution in [-0.2, 0) is 6.42 Å². The molecule has 1 N–H and O–H groups in total. The third-order valence-electron chi connectivity index (χ3n) is 4.18. The van der Waals surface area contributed by atoms with Crippen LogP contribution < -0.4 is 14.8 Å². The third kappa shape index (κ3) is 4.54. The van der Waals surface area contributed by atoms with Crippen LogP contribution in [0, 0.1) is 0 Å². The molecule has 0 fully saturated rings. The van der Waals surface area contributed by atoms with Crippen LogP contribution in [0.4, 0.5) is 5.69 Å². The minimum atomic E-state index is 0.153. The second-order valence-electron chi connectivity index (χ2n) is 5.90. The van der Waals surface area contributed by atoms with E-state index < -0.39 is 0 Å². The van der Waals surface area contributed by atoms with Crippen LogP contribution >= 0.6 is 0 Å². The molecule has 25 heavy (non-hydrogen) atoms. The standard InChI is InChI=1S/C22H23NO2/c1-24-20-14-19(15-21(16-20)25-2)23-22(18-11-7-4-8-12-18)13-17-9-5-3-6-10-17/h3-12,14-16,22-23H,13H2,1-2H3. The van der Waals surface area contributed by atoms with Gasteiger partial charge in [-0.05, 0) is 17.5 Å². The summed E-state index contributed by atoms with van der Waals surface area (Å²) in [6.45, 7) is 0. The summed E-state index contributed by atoms with van der Waals surface area (Å²) in [5.74, 6) is 1.54. The molecule has 0 aromatic heterocycles. The van der Waals surface area contributed by atoms with Crippen LogP contribution in [0.2, 0.25) is 0 Å². The van der Waals surface area contributed by atoms with Crippen molar-refractivity contribution < 1.29 is 9.47 Å². The molecule has 0 radical (unpaired) electrons. The van der Waals surface area contributed by atoms with E-state index in [0.29, 0.717) is 0 Å². The first-order chi connectivity index (χ1) is 12.3. The van der Waals surface area contributed by atoms with Crippen LogP contribution in [0.25, 0.3) is 0 Å². The lowest BCUT2D eigenvalue weighted by molar-refractivity contribution is 0.394. The second-order valence-corrected chi connectivity index (χ2v) is 5.90. The second kappa shape index (κ2) is 8.25. The predicted octanol–water partition coefficient (Wildman–Crippen LogP) is 5.10. The number of hydrogen-bond acceptors (Lipinski definition) is 3. The Morgan fingerprint density at radius 3 is 1.88 bits per heavy atom. The van der Waals surface area contributed by atoms with Gasteiger partial charge in [0, 0.05) is 23.9 Å². The summed E-state index contributed by atoms with van der Waals surface area (Å²) in [6.07, 6.45) is 0.893. The molecule has 3 aromatic rings. The summed E-state index contributed by atoms with van der Waals surface area (Å²) >= 11 is 0. The SMILES string of the molecule is COc1cc(NC(Cc2ccccc2)c2ccccc2)cc(OC)c1. The molecule has 3 nitrogen and oxygen atoms in total. The van der Waals surface area contributed by atoms with Crippen LogP contribution in [-0.4, -0.2) is 14.2 Å². The molecule has 3 aromatic carbocycles. The lowest BCUT2D eigenvalue weighted by atomic mass is 9.98. The maximum atomic E-state index is 5.38. The zero-order valence-electron chi connectivity index (χ0n) is 14.6. The molecule has 128 valence electrons. The highest BCUT2D eigenvalue weighted by Gasteiger charge is 2.13. The Morgan fingerprint density at radius 2 is 1.32 bits per heavy atom. The summed E-state index contributed by atoms with van der Waals surface area (Å²) in [6, 6.07) is 27.0. The van der Waals surface area contributed by atoms with Gasteiger partial charge in [0.15, 0.2) is 0 Å². The molecule has 0 saturated heterocycles. The quantitative estimate of drug-likeness (QED) is 0.652. The maximum Gasteiger partial charge on any atom is 0.124 e. The molecule has 0 aliphatic heterocycles. The maximum absolute atomic E-state index is 5.38. The summed E-state index contributed by atoms with van der Waals surface area (Å²) in [7, 11) is 3.33. The zero-order valence-corrected chi connectivity index (χ0v) is 14.6. The van der Waals surface area contributed by atoms with Gasteiger partial charge in [-0.25, -0.2) is 0 Å². The molecule has 1 unspecified atom stereocenters. The predicted molar refractivity (Wildman–Crippen MR) is 102 cm³/mol. The zero-order chi connectivity index (χ0) is 17.5. The lowest BCUT2D eigenvalue weighted by Gasteiger charge is -2.21. The fourth-order valence-electron chi connectivity index (χ4n) is 2.88. The molecule has 3 rings (SSSR count). The third-order valence-corrected chi connectivity index (χ3v) is 4.18. The van der Waals surface area contributed by atoms with Gasteiger partial charge in [0.25, 0.3) is 0 Å². The fourth-order valence-corrected chi connectivity index (χ4v) is 2.88. The topological polar surface area (TPSA) is 30.5 Å². The monoisotopic (exact) mass is 333 g/mol. The first kappa shape index (κ1) is 16.9. The Morgan fingerprint density at radius 1 is 0.760 bits per heavy atom. The van der Waals surface area contributed by atoms with Gasteiger partial charge in [-0.15, -0.1) is 0 Å². The van der Waals surface area contributed by atoms with Crippen molar-refractivity contribution in [1.82, 2.24) is 0 Å². The number of anilines is 1. The van der Waals surface area contributed by atoms with Crippen molar-refractivity contribution in [2.24, 2.45) is 0 Å². The lowest BCUT2D eigenvalue weighted by Crippen LogP contribution is -2.14. The first-order valence-electron chi connectivity index (χ1n) is 8.37. The molecule has 0 saturated carbocycles. The molecule has 0 aliphatic rings. The first-order valence-corrected chi connectivity index (χ1v) is 8.37. The highest BCUT2D eigenvalue weighted by molar-refractivity contribution is 5.55. The normalized spacial score (nSPS) is 11.6. The average Bonchev–Trinajstić information content (AvgIpc) is 2.68. The van der Waals surface area contributed by atoms with Gasteiger partial charge >= 0.3 is 0 Å². The number of ether oxygens (including phenoxy) is 2. The van der Waals surface area contributed by atoms with Gasteiger partial charge in [0.2, 0.25) is 0 Å². The molecule has 0 amide bonds. The highest BCUT2D eigenvalue weighted by atomic mass is 16.5. The summed E-state index contributed by atoms with van der Waals surface area (Å²) in [4.78, 5) is 0. The molecule has 0 heterocycles. The number of rotatable bonds is 7. The van der Waals surface area contributed by atoms with Crippen molar-refractivity contribution in [1.29, 1.82) is 0 Å². The van der Waals surface area contributed by atoms with E-state index in [-0.39, 0.29) is 6.04 Å². The molecule has 0 aliphatic carbocycles. The number of benzene rings is 3. The number of nitrogens with one attached hydrogen (secondary N) is 1. The molecule has 1 atom stereocenters. The van der Waals surface area contributed by atoms with E-state index in [0.717, 1.165) is 23.6 Å². The van der Waals surface area contributed by atoms with Crippen molar-refractivity contribution in [3.8, 4) is 11.5 Å². The molecular formula is C22H23NO2. The van der Waals surface area contributed by atoms with E-state index in [1.807, 2.05) is 30.3 Å². The van der Waals surface area contributed by atoms with Crippen molar-refractivity contribution in [3.05, 3.63) is 90.0 Å².